The zero-order valence-corrected chi connectivity index (χ0v) is 19.9. The minimum absolute atomic E-state index is 0.0475. The molecule has 0 atom stereocenters. The molecule has 0 radical (unpaired) electrons. The van der Waals surface area contributed by atoms with Gasteiger partial charge in [-0.1, -0.05) is 12.8 Å². The maximum Gasteiger partial charge on any atom is 0.261 e. The third-order valence-electron chi connectivity index (χ3n) is 6.21. The summed E-state index contributed by atoms with van der Waals surface area (Å²) in [5.74, 6) is 0.536. The Morgan fingerprint density at radius 1 is 0.939 bits per heavy atom. The maximum absolute atomic E-state index is 13.2. The normalized spacial score (nSPS) is 17.4. The molecule has 0 aliphatic carbocycles. The fraction of sp³-hybridized carbons (Fsp3) is 0.458. The number of likely N-dealkylation sites (tertiary alicyclic amines) is 1. The van der Waals surface area contributed by atoms with Gasteiger partial charge < -0.3 is 19.9 Å². The average molecular weight is 473 g/mol. The molecule has 2 aliphatic heterocycles. The van der Waals surface area contributed by atoms with E-state index in [0.29, 0.717) is 17.0 Å². The number of amides is 1. The molecule has 0 unspecified atom stereocenters. The van der Waals surface area contributed by atoms with Gasteiger partial charge in [-0.3, -0.25) is 9.52 Å². The van der Waals surface area contributed by atoms with Crippen LogP contribution in [0.4, 0.5) is 11.4 Å². The number of methoxy groups -OCH3 is 1. The third kappa shape index (κ3) is 5.59. The Kier molecular flexibility index (Phi) is 7.39. The molecular formula is C24H32N4O4S. The largest absolute Gasteiger partial charge is 0.497 e. The Hall–Kier alpha value is -2.78. The number of sulfonamides is 1. The van der Waals surface area contributed by atoms with E-state index in [1.165, 1.54) is 19.2 Å². The van der Waals surface area contributed by atoms with Crippen molar-refractivity contribution in [2.45, 2.75) is 30.6 Å². The van der Waals surface area contributed by atoms with E-state index in [9.17, 15) is 13.2 Å². The molecular weight excluding hydrogens is 440 g/mol. The van der Waals surface area contributed by atoms with Gasteiger partial charge in [0.15, 0.2) is 0 Å². The van der Waals surface area contributed by atoms with Crippen LogP contribution in [0.1, 0.15) is 36.0 Å². The first kappa shape index (κ1) is 23.4. The van der Waals surface area contributed by atoms with Crippen molar-refractivity contribution in [3.63, 3.8) is 0 Å². The molecule has 4 rings (SSSR count). The second-order valence-electron chi connectivity index (χ2n) is 8.46. The number of piperazine rings is 1. The minimum atomic E-state index is -3.85. The Balaban J connectivity index is 1.66. The smallest absolute Gasteiger partial charge is 0.261 e. The monoisotopic (exact) mass is 472 g/mol. The van der Waals surface area contributed by atoms with Gasteiger partial charge >= 0.3 is 0 Å². The molecule has 2 aromatic rings. The summed E-state index contributed by atoms with van der Waals surface area (Å²) in [5, 5.41) is 3.31. The standard InChI is InChI=1S/C24H32N4O4S/c1-32-20-7-9-21(10-8-20)33(30,31)26-22-18-19(24(29)28-14-4-2-3-5-15-28)6-11-23(22)27-16-12-25-13-17-27/h6-11,18,25-26H,2-5,12-17H2,1H3. The van der Waals surface area contributed by atoms with Gasteiger partial charge in [0.25, 0.3) is 15.9 Å². The Labute approximate surface area is 196 Å². The lowest BCUT2D eigenvalue weighted by molar-refractivity contribution is 0.0761. The van der Waals surface area contributed by atoms with Crippen LogP contribution in [0.15, 0.2) is 47.4 Å². The number of nitrogens with one attached hydrogen (secondary N) is 2. The Morgan fingerprint density at radius 2 is 1.61 bits per heavy atom. The molecule has 2 saturated heterocycles. The Bertz CT molecular complexity index is 1060. The van der Waals surface area contributed by atoms with Gasteiger partial charge in [-0.15, -0.1) is 0 Å². The number of rotatable bonds is 6. The van der Waals surface area contributed by atoms with Crippen molar-refractivity contribution in [3.05, 3.63) is 48.0 Å². The number of ether oxygens (including phenoxy) is 1. The number of carbonyl (C=O) groups is 1. The van der Waals surface area contributed by atoms with Crippen LogP contribution in [-0.2, 0) is 10.0 Å². The maximum atomic E-state index is 13.2. The molecule has 8 nitrogen and oxygen atoms in total. The van der Waals surface area contributed by atoms with Crippen LogP contribution < -0.4 is 19.7 Å². The predicted molar refractivity (Wildman–Crippen MR) is 130 cm³/mol. The van der Waals surface area contributed by atoms with Gasteiger partial charge in [0, 0.05) is 44.8 Å². The molecule has 2 aliphatic rings. The summed E-state index contributed by atoms with van der Waals surface area (Å²) >= 11 is 0. The fourth-order valence-electron chi connectivity index (χ4n) is 4.35. The van der Waals surface area contributed by atoms with E-state index < -0.39 is 10.0 Å². The van der Waals surface area contributed by atoms with Crippen LogP contribution >= 0.6 is 0 Å². The molecule has 2 aromatic carbocycles. The van der Waals surface area contributed by atoms with E-state index in [1.807, 2.05) is 17.0 Å². The highest BCUT2D eigenvalue weighted by Gasteiger charge is 2.23. The first-order valence-corrected chi connectivity index (χ1v) is 13.0. The lowest BCUT2D eigenvalue weighted by atomic mass is 10.1. The summed E-state index contributed by atoms with van der Waals surface area (Å²) < 4.78 is 34.3. The number of benzene rings is 2. The molecule has 0 saturated carbocycles. The van der Waals surface area contributed by atoms with Crippen molar-refractivity contribution < 1.29 is 17.9 Å². The summed E-state index contributed by atoms with van der Waals surface area (Å²) in [6.07, 6.45) is 4.28. The first-order valence-electron chi connectivity index (χ1n) is 11.5. The van der Waals surface area contributed by atoms with Crippen molar-refractivity contribution >= 4 is 27.3 Å². The molecule has 0 spiro atoms. The number of hydrogen-bond donors (Lipinski definition) is 2. The summed E-state index contributed by atoms with van der Waals surface area (Å²) in [5.41, 5.74) is 1.71. The Morgan fingerprint density at radius 3 is 2.24 bits per heavy atom. The molecule has 2 heterocycles. The van der Waals surface area contributed by atoms with Crippen molar-refractivity contribution in [3.8, 4) is 5.75 Å². The molecule has 0 bridgehead atoms. The summed E-state index contributed by atoms with van der Waals surface area (Å²) in [7, 11) is -2.31. The highest BCUT2D eigenvalue weighted by molar-refractivity contribution is 7.92. The number of anilines is 2. The number of hydrogen-bond acceptors (Lipinski definition) is 6. The van der Waals surface area contributed by atoms with Crippen molar-refractivity contribution in [2.24, 2.45) is 0 Å². The van der Waals surface area contributed by atoms with E-state index in [2.05, 4.69) is 14.9 Å². The lowest BCUT2D eigenvalue weighted by Gasteiger charge is -2.31. The molecule has 2 fully saturated rings. The second kappa shape index (κ2) is 10.4. The SMILES string of the molecule is COc1ccc(S(=O)(=O)Nc2cc(C(=O)N3CCCCCC3)ccc2N2CCNCC2)cc1. The van der Waals surface area contributed by atoms with Crippen LogP contribution in [0.3, 0.4) is 0 Å². The summed E-state index contributed by atoms with van der Waals surface area (Å²) in [6, 6.07) is 11.6. The zero-order chi connectivity index (χ0) is 23.3. The van der Waals surface area contributed by atoms with Crippen LogP contribution in [-0.4, -0.2) is 65.6 Å². The molecule has 33 heavy (non-hydrogen) atoms. The molecule has 1 amide bonds. The second-order valence-corrected chi connectivity index (χ2v) is 10.1. The van der Waals surface area contributed by atoms with Gasteiger partial charge in [-0.05, 0) is 55.3 Å². The van der Waals surface area contributed by atoms with E-state index in [4.69, 9.17) is 4.74 Å². The number of carbonyl (C=O) groups excluding carboxylic acids is 1. The van der Waals surface area contributed by atoms with Crippen LogP contribution in [0.25, 0.3) is 0 Å². The van der Waals surface area contributed by atoms with Gasteiger partial charge in [0.05, 0.1) is 23.4 Å². The zero-order valence-electron chi connectivity index (χ0n) is 19.0. The minimum Gasteiger partial charge on any atom is -0.497 e. The fourth-order valence-corrected chi connectivity index (χ4v) is 5.41. The highest BCUT2D eigenvalue weighted by atomic mass is 32.2. The van der Waals surface area contributed by atoms with E-state index in [0.717, 1.165) is 70.6 Å². The van der Waals surface area contributed by atoms with Gasteiger partial charge in [0.1, 0.15) is 5.75 Å². The molecule has 2 N–H and O–H groups in total. The van der Waals surface area contributed by atoms with Crippen molar-refractivity contribution in [1.82, 2.24) is 10.2 Å². The first-order chi connectivity index (χ1) is 16.0. The van der Waals surface area contributed by atoms with Crippen LogP contribution in [0.2, 0.25) is 0 Å². The van der Waals surface area contributed by atoms with E-state index in [-0.39, 0.29) is 10.8 Å². The van der Waals surface area contributed by atoms with Crippen molar-refractivity contribution in [2.75, 3.05) is 56.0 Å². The highest BCUT2D eigenvalue weighted by Crippen LogP contribution is 2.31. The molecule has 0 aromatic heterocycles. The van der Waals surface area contributed by atoms with Crippen molar-refractivity contribution in [1.29, 1.82) is 0 Å². The van der Waals surface area contributed by atoms with Gasteiger partial charge in [0.2, 0.25) is 0 Å². The van der Waals surface area contributed by atoms with Gasteiger partial charge in [-0.25, -0.2) is 8.42 Å². The summed E-state index contributed by atoms with van der Waals surface area (Å²) in [6.45, 7) is 4.64. The number of nitrogens with zero attached hydrogens (tertiary/aromatic N) is 2. The van der Waals surface area contributed by atoms with Gasteiger partial charge in [-0.2, -0.15) is 0 Å². The average Bonchev–Trinajstić information content (AvgIpc) is 3.13. The van der Waals surface area contributed by atoms with Crippen LogP contribution in [0, 0.1) is 0 Å². The van der Waals surface area contributed by atoms with E-state index in [1.54, 1.807) is 18.2 Å². The third-order valence-corrected chi connectivity index (χ3v) is 7.59. The summed E-state index contributed by atoms with van der Waals surface area (Å²) in [4.78, 5) is 17.4. The predicted octanol–water partition coefficient (Wildman–Crippen LogP) is 2.92. The van der Waals surface area contributed by atoms with E-state index >= 15 is 0 Å². The topological polar surface area (TPSA) is 91.0 Å². The molecule has 9 heteroatoms. The molecule has 178 valence electrons. The lowest BCUT2D eigenvalue weighted by Crippen LogP contribution is -2.43. The van der Waals surface area contributed by atoms with Crippen LogP contribution in [0.5, 0.6) is 5.75 Å². The quantitative estimate of drug-likeness (QED) is 0.672.